The first kappa shape index (κ1) is 5.10. The van der Waals surface area contributed by atoms with Gasteiger partial charge in [0.25, 0.3) is 0 Å². The summed E-state index contributed by atoms with van der Waals surface area (Å²) in [4.78, 5) is 0. The number of hydrogen-bond acceptors (Lipinski definition) is 1. The van der Waals surface area contributed by atoms with E-state index >= 15 is 0 Å². The molecule has 1 aliphatic rings. The van der Waals surface area contributed by atoms with E-state index in [0.717, 1.165) is 12.8 Å². The molecule has 0 bridgehead atoms. The zero-order chi connectivity index (χ0) is 5.11. The Morgan fingerprint density at radius 1 is 1.86 bits per heavy atom. The maximum absolute atomic E-state index is 5.11. The molecule has 1 rings (SSSR count). The van der Waals surface area contributed by atoms with E-state index in [9.17, 15) is 0 Å². The molecule has 1 unspecified atom stereocenters. The third-order valence-corrected chi connectivity index (χ3v) is 1.22. The van der Waals surface area contributed by atoms with Crippen LogP contribution in [-0.4, -0.2) is 6.10 Å². The lowest BCUT2D eigenvalue weighted by Crippen LogP contribution is -1.99. The molecule has 1 nitrogen and oxygen atoms in total. The summed E-state index contributed by atoms with van der Waals surface area (Å²) in [5.74, 6) is 0. The lowest BCUT2D eigenvalue weighted by molar-refractivity contribution is 0.155. The van der Waals surface area contributed by atoms with Crippen LogP contribution < -0.4 is 0 Å². The van der Waals surface area contributed by atoms with Crippen LogP contribution in [0, 0.1) is 13.5 Å². The molecule has 1 heteroatoms. The van der Waals surface area contributed by atoms with Crippen molar-refractivity contribution >= 4 is 0 Å². The molecule has 0 amide bonds. The molecular formula is C6H10O. The van der Waals surface area contributed by atoms with Crippen LogP contribution in [0.15, 0.2) is 0 Å². The molecule has 1 aliphatic heterocycles. The van der Waals surface area contributed by atoms with Gasteiger partial charge in [-0.3, -0.25) is 0 Å². The van der Waals surface area contributed by atoms with E-state index in [1.54, 1.807) is 0 Å². The molecule has 40 valence electrons. The Labute approximate surface area is 44.7 Å². The first-order valence-corrected chi connectivity index (χ1v) is 2.70. The zero-order valence-corrected chi connectivity index (χ0v) is 4.39. The van der Waals surface area contributed by atoms with Crippen molar-refractivity contribution in [2.24, 2.45) is 0 Å². The van der Waals surface area contributed by atoms with Crippen molar-refractivity contribution in [1.29, 1.82) is 0 Å². The SMILES string of the molecule is [CH2]CC1CC[CH]O1. The molecule has 0 aromatic carbocycles. The van der Waals surface area contributed by atoms with Crippen LogP contribution in [0.4, 0.5) is 0 Å². The third kappa shape index (κ3) is 1.16. The normalized spacial score (nSPS) is 31.3. The second-order valence-corrected chi connectivity index (χ2v) is 1.79. The van der Waals surface area contributed by atoms with E-state index in [1.165, 1.54) is 6.42 Å². The van der Waals surface area contributed by atoms with Gasteiger partial charge in [0.15, 0.2) is 0 Å². The van der Waals surface area contributed by atoms with Gasteiger partial charge in [-0.15, -0.1) is 0 Å². The smallest absolute Gasteiger partial charge is 0.0841 e. The van der Waals surface area contributed by atoms with Crippen molar-refractivity contribution < 1.29 is 4.74 Å². The van der Waals surface area contributed by atoms with Crippen molar-refractivity contribution in [2.75, 3.05) is 0 Å². The van der Waals surface area contributed by atoms with Gasteiger partial charge in [-0.05, 0) is 19.3 Å². The highest BCUT2D eigenvalue weighted by Gasteiger charge is 2.12. The van der Waals surface area contributed by atoms with Gasteiger partial charge >= 0.3 is 0 Å². The van der Waals surface area contributed by atoms with E-state index in [2.05, 4.69) is 6.92 Å². The van der Waals surface area contributed by atoms with Crippen LogP contribution >= 0.6 is 0 Å². The average molecular weight is 98.1 g/mol. The molecule has 0 aromatic rings. The number of rotatable bonds is 1. The van der Waals surface area contributed by atoms with Crippen LogP contribution in [0.2, 0.25) is 0 Å². The predicted molar refractivity (Wildman–Crippen MR) is 28.4 cm³/mol. The fourth-order valence-corrected chi connectivity index (χ4v) is 0.738. The summed E-state index contributed by atoms with van der Waals surface area (Å²) >= 11 is 0. The second-order valence-electron chi connectivity index (χ2n) is 1.79. The second kappa shape index (κ2) is 2.31. The van der Waals surface area contributed by atoms with Crippen LogP contribution in [0.25, 0.3) is 0 Å². The highest BCUT2D eigenvalue weighted by molar-refractivity contribution is 4.71. The van der Waals surface area contributed by atoms with E-state index in [1.807, 2.05) is 6.61 Å². The molecule has 0 aliphatic carbocycles. The fraction of sp³-hybridized carbons (Fsp3) is 0.667. The lowest BCUT2D eigenvalue weighted by Gasteiger charge is -2.00. The summed E-state index contributed by atoms with van der Waals surface area (Å²) in [7, 11) is 0. The highest BCUT2D eigenvalue weighted by Crippen LogP contribution is 2.17. The quantitative estimate of drug-likeness (QED) is 0.483. The minimum Gasteiger partial charge on any atom is -0.372 e. The number of hydrogen-bond donors (Lipinski definition) is 0. The Bertz CT molecular complexity index is 46.1. The van der Waals surface area contributed by atoms with Crippen LogP contribution in [0.5, 0.6) is 0 Å². The van der Waals surface area contributed by atoms with Gasteiger partial charge in [0.2, 0.25) is 0 Å². The lowest BCUT2D eigenvalue weighted by atomic mass is 10.2. The minimum atomic E-state index is 0.431. The Kier molecular flexibility index (Phi) is 1.69. The minimum absolute atomic E-state index is 0.431. The zero-order valence-electron chi connectivity index (χ0n) is 4.39. The highest BCUT2D eigenvalue weighted by atomic mass is 16.5. The maximum Gasteiger partial charge on any atom is 0.0841 e. The van der Waals surface area contributed by atoms with Crippen molar-refractivity contribution in [3.8, 4) is 0 Å². The summed E-state index contributed by atoms with van der Waals surface area (Å²) in [5, 5.41) is 0. The van der Waals surface area contributed by atoms with Crippen molar-refractivity contribution in [3.63, 3.8) is 0 Å². The monoisotopic (exact) mass is 98.1 g/mol. The van der Waals surface area contributed by atoms with Crippen molar-refractivity contribution in [1.82, 2.24) is 0 Å². The van der Waals surface area contributed by atoms with Gasteiger partial charge in [-0.1, -0.05) is 6.92 Å². The molecule has 1 fully saturated rings. The Balaban J connectivity index is 2.14. The fourth-order valence-electron chi connectivity index (χ4n) is 0.738. The number of ether oxygens (including phenoxy) is 1. The largest absolute Gasteiger partial charge is 0.372 e. The van der Waals surface area contributed by atoms with E-state index in [4.69, 9.17) is 4.74 Å². The van der Waals surface area contributed by atoms with E-state index in [0.29, 0.717) is 6.10 Å². The van der Waals surface area contributed by atoms with Gasteiger partial charge in [-0.2, -0.15) is 0 Å². The van der Waals surface area contributed by atoms with Gasteiger partial charge in [0.05, 0.1) is 12.7 Å². The summed E-state index contributed by atoms with van der Waals surface area (Å²) in [6.07, 6.45) is 3.63. The predicted octanol–water partition coefficient (Wildman–Crippen LogP) is 1.55. The van der Waals surface area contributed by atoms with Crippen LogP contribution in [0.3, 0.4) is 0 Å². The summed E-state index contributed by atoms with van der Waals surface area (Å²) in [6, 6.07) is 0. The molecule has 0 aromatic heterocycles. The van der Waals surface area contributed by atoms with Crippen molar-refractivity contribution in [3.05, 3.63) is 13.5 Å². The van der Waals surface area contributed by atoms with Crippen molar-refractivity contribution in [2.45, 2.75) is 25.4 Å². The molecule has 0 N–H and O–H groups in total. The Hall–Kier alpha value is -0.0400. The summed E-state index contributed by atoms with van der Waals surface area (Å²) in [5.41, 5.74) is 0. The molecule has 7 heavy (non-hydrogen) atoms. The summed E-state index contributed by atoms with van der Waals surface area (Å²) in [6.45, 7) is 5.59. The average Bonchev–Trinajstić information content (AvgIpc) is 2.14. The van der Waals surface area contributed by atoms with Crippen LogP contribution in [-0.2, 0) is 4.74 Å². The molecule has 1 heterocycles. The van der Waals surface area contributed by atoms with Gasteiger partial charge in [-0.25, -0.2) is 0 Å². The standard InChI is InChI=1S/C6H10O/c1-2-6-4-3-5-7-6/h5-6H,1-4H2. The topological polar surface area (TPSA) is 9.23 Å². The Morgan fingerprint density at radius 2 is 2.71 bits per heavy atom. The summed E-state index contributed by atoms with van der Waals surface area (Å²) < 4.78 is 5.11. The Morgan fingerprint density at radius 3 is 3.00 bits per heavy atom. The molecular weight excluding hydrogens is 88.1 g/mol. The van der Waals surface area contributed by atoms with Gasteiger partial charge in [0, 0.05) is 0 Å². The maximum atomic E-state index is 5.11. The van der Waals surface area contributed by atoms with E-state index < -0.39 is 0 Å². The molecule has 2 radical (unpaired) electrons. The molecule has 1 atom stereocenters. The van der Waals surface area contributed by atoms with Crippen LogP contribution in [0.1, 0.15) is 19.3 Å². The molecule has 0 spiro atoms. The van der Waals surface area contributed by atoms with Gasteiger partial charge < -0.3 is 4.74 Å². The van der Waals surface area contributed by atoms with Gasteiger partial charge in [0.1, 0.15) is 0 Å². The third-order valence-electron chi connectivity index (χ3n) is 1.22. The molecule has 0 saturated carbocycles. The first-order valence-electron chi connectivity index (χ1n) is 2.70. The first-order chi connectivity index (χ1) is 3.43. The van der Waals surface area contributed by atoms with E-state index in [-0.39, 0.29) is 0 Å². The molecule has 1 saturated heterocycles.